The third-order valence-electron chi connectivity index (χ3n) is 4.39. The maximum absolute atomic E-state index is 3.66. The fourth-order valence-electron chi connectivity index (χ4n) is 3.11. The van der Waals surface area contributed by atoms with Crippen molar-refractivity contribution in [1.82, 2.24) is 5.32 Å². The molecular formula is C17H26N2. The van der Waals surface area contributed by atoms with E-state index in [1.807, 2.05) is 0 Å². The van der Waals surface area contributed by atoms with Crippen molar-refractivity contribution in [2.75, 3.05) is 18.0 Å². The van der Waals surface area contributed by atoms with Gasteiger partial charge < -0.3 is 10.2 Å². The van der Waals surface area contributed by atoms with Crippen molar-refractivity contribution < 1.29 is 0 Å². The second-order valence-corrected chi connectivity index (χ2v) is 6.48. The lowest BCUT2D eigenvalue weighted by molar-refractivity contribution is 0.446. The summed E-state index contributed by atoms with van der Waals surface area (Å²) in [5, 5.41) is 3.66. The van der Waals surface area contributed by atoms with E-state index in [9.17, 15) is 0 Å². The highest BCUT2D eigenvalue weighted by Gasteiger charge is 2.22. The van der Waals surface area contributed by atoms with Gasteiger partial charge in [-0.05, 0) is 50.2 Å². The Balaban J connectivity index is 1.77. The lowest BCUT2D eigenvalue weighted by atomic mass is 9.98. The maximum Gasteiger partial charge on any atom is 0.0412 e. The molecule has 0 amide bonds. The van der Waals surface area contributed by atoms with Crippen molar-refractivity contribution in [2.45, 2.75) is 52.1 Å². The first-order valence-corrected chi connectivity index (χ1v) is 7.80. The first kappa shape index (κ1) is 13.0. The van der Waals surface area contributed by atoms with E-state index in [1.54, 1.807) is 0 Å². The van der Waals surface area contributed by atoms with Crippen molar-refractivity contribution in [3.63, 3.8) is 0 Å². The lowest BCUT2D eigenvalue weighted by Crippen LogP contribution is -2.35. The first-order chi connectivity index (χ1) is 9.22. The molecule has 1 saturated heterocycles. The minimum atomic E-state index is 0.786. The van der Waals surface area contributed by atoms with Crippen molar-refractivity contribution in [2.24, 2.45) is 5.92 Å². The van der Waals surface area contributed by atoms with E-state index in [1.165, 1.54) is 55.6 Å². The summed E-state index contributed by atoms with van der Waals surface area (Å²) in [7, 11) is 0. The highest BCUT2D eigenvalue weighted by atomic mass is 15.1. The van der Waals surface area contributed by atoms with Crippen LogP contribution in [-0.2, 0) is 6.54 Å². The summed E-state index contributed by atoms with van der Waals surface area (Å²) in [5.74, 6) is 0.833. The van der Waals surface area contributed by atoms with Crippen molar-refractivity contribution in [3.05, 3.63) is 29.3 Å². The minimum Gasteiger partial charge on any atom is -0.371 e. The van der Waals surface area contributed by atoms with Crippen molar-refractivity contribution in [3.8, 4) is 0 Å². The van der Waals surface area contributed by atoms with Crippen LogP contribution in [0.4, 0.5) is 5.69 Å². The molecule has 2 heteroatoms. The Hall–Kier alpha value is -1.02. The van der Waals surface area contributed by atoms with E-state index >= 15 is 0 Å². The topological polar surface area (TPSA) is 15.3 Å². The molecule has 1 heterocycles. The first-order valence-electron chi connectivity index (χ1n) is 7.80. The molecular weight excluding hydrogens is 232 g/mol. The molecule has 0 aromatic heterocycles. The minimum absolute atomic E-state index is 0.786. The maximum atomic E-state index is 3.66. The normalized spacial score (nSPS) is 23.7. The van der Waals surface area contributed by atoms with Gasteiger partial charge in [0.15, 0.2) is 0 Å². The molecule has 1 atom stereocenters. The number of benzene rings is 1. The Bertz CT molecular complexity index is 437. The predicted molar refractivity (Wildman–Crippen MR) is 81.7 cm³/mol. The molecule has 1 aliphatic carbocycles. The van der Waals surface area contributed by atoms with Crippen LogP contribution in [0.3, 0.4) is 0 Å². The zero-order valence-electron chi connectivity index (χ0n) is 12.3. The third kappa shape index (κ3) is 3.30. The Morgan fingerprint density at radius 1 is 1.26 bits per heavy atom. The van der Waals surface area contributed by atoms with Crippen LogP contribution in [0.25, 0.3) is 0 Å². The van der Waals surface area contributed by atoms with Crippen LogP contribution < -0.4 is 10.2 Å². The van der Waals surface area contributed by atoms with E-state index in [0.29, 0.717) is 0 Å². The number of aryl methyl sites for hydroxylation is 1. The van der Waals surface area contributed by atoms with Crippen molar-refractivity contribution in [1.29, 1.82) is 0 Å². The van der Waals surface area contributed by atoms with Crippen LogP contribution in [0.1, 0.15) is 43.7 Å². The molecule has 1 aromatic carbocycles. The van der Waals surface area contributed by atoms with Gasteiger partial charge in [-0.15, -0.1) is 0 Å². The second-order valence-electron chi connectivity index (χ2n) is 6.48. The van der Waals surface area contributed by atoms with Gasteiger partial charge in [0.25, 0.3) is 0 Å². The molecule has 0 spiro atoms. The molecule has 1 N–H and O–H groups in total. The monoisotopic (exact) mass is 258 g/mol. The van der Waals surface area contributed by atoms with Gasteiger partial charge in [0.05, 0.1) is 0 Å². The summed E-state index contributed by atoms with van der Waals surface area (Å²) in [6.45, 7) is 8.06. The fourth-order valence-corrected chi connectivity index (χ4v) is 3.11. The summed E-state index contributed by atoms with van der Waals surface area (Å²) >= 11 is 0. The largest absolute Gasteiger partial charge is 0.371 e. The van der Waals surface area contributed by atoms with Gasteiger partial charge in [-0.25, -0.2) is 0 Å². The van der Waals surface area contributed by atoms with Gasteiger partial charge in [0.2, 0.25) is 0 Å². The van der Waals surface area contributed by atoms with Crippen LogP contribution in [-0.4, -0.2) is 19.1 Å². The highest BCUT2D eigenvalue weighted by molar-refractivity contribution is 5.55. The van der Waals surface area contributed by atoms with E-state index in [-0.39, 0.29) is 0 Å². The van der Waals surface area contributed by atoms with Gasteiger partial charge >= 0.3 is 0 Å². The molecule has 1 aliphatic heterocycles. The van der Waals surface area contributed by atoms with Gasteiger partial charge in [0.1, 0.15) is 0 Å². The zero-order chi connectivity index (χ0) is 13.2. The second kappa shape index (κ2) is 5.54. The van der Waals surface area contributed by atoms with Crippen LogP contribution in [0, 0.1) is 12.8 Å². The molecule has 1 unspecified atom stereocenters. The van der Waals surface area contributed by atoms with E-state index < -0.39 is 0 Å². The Kier molecular flexibility index (Phi) is 3.79. The molecule has 3 rings (SSSR count). The molecule has 1 aromatic rings. The molecule has 0 radical (unpaired) electrons. The lowest BCUT2D eigenvalue weighted by Gasteiger charge is -2.34. The van der Waals surface area contributed by atoms with E-state index in [0.717, 1.165) is 18.5 Å². The number of hydrogen-bond acceptors (Lipinski definition) is 2. The predicted octanol–water partition coefficient (Wildman–Crippen LogP) is 3.48. The number of hydrogen-bond donors (Lipinski definition) is 1. The standard InChI is InChI=1S/C17H26N2/c1-13-5-8-17(19-9-3-4-14(2)12-19)15(10-13)11-18-16-6-7-16/h5,8,10,14,16,18H,3-4,6-7,9,11-12H2,1-2H3. The van der Waals surface area contributed by atoms with Crippen LogP contribution >= 0.6 is 0 Å². The van der Waals surface area contributed by atoms with Gasteiger partial charge in [-0.1, -0.05) is 24.6 Å². The average Bonchev–Trinajstić information content (AvgIpc) is 3.20. The average molecular weight is 258 g/mol. The van der Waals surface area contributed by atoms with Crippen LogP contribution in [0.15, 0.2) is 18.2 Å². The van der Waals surface area contributed by atoms with Gasteiger partial charge in [0, 0.05) is 31.4 Å². The Morgan fingerprint density at radius 2 is 2.11 bits per heavy atom. The molecule has 2 fully saturated rings. The molecule has 1 saturated carbocycles. The van der Waals surface area contributed by atoms with E-state index in [2.05, 4.69) is 42.3 Å². The Labute approximate surface area is 117 Å². The van der Waals surface area contributed by atoms with Crippen molar-refractivity contribution >= 4 is 5.69 Å². The summed E-state index contributed by atoms with van der Waals surface area (Å²) in [4.78, 5) is 2.59. The SMILES string of the molecule is Cc1ccc(N2CCCC(C)C2)c(CNC2CC2)c1. The number of piperidine rings is 1. The molecule has 2 nitrogen and oxygen atoms in total. The van der Waals surface area contributed by atoms with Gasteiger partial charge in [-0.2, -0.15) is 0 Å². The van der Waals surface area contributed by atoms with E-state index in [4.69, 9.17) is 0 Å². The molecule has 19 heavy (non-hydrogen) atoms. The summed E-state index contributed by atoms with van der Waals surface area (Å²) in [6, 6.07) is 7.74. The van der Waals surface area contributed by atoms with Crippen LogP contribution in [0.2, 0.25) is 0 Å². The third-order valence-corrected chi connectivity index (χ3v) is 4.39. The summed E-state index contributed by atoms with van der Waals surface area (Å²) in [5.41, 5.74) is 4.33. The summed E-state index contributed by atoms with van der Waals surface area (Å²) in [6.07, 6.45) is 5.45. The molecule has 2 aliphatic rings. The number of nitrogens with one attached hydrogen (secondary N) is 1. The highest BCUT2D eigenvalue weighted by Crippen LogP contribution is 2.28. The molecule has 0 bridgehead atoms. The Morgan fingerprint density at radius 3 is 2.84 bits per heavy atom. The zero-order valence-corrected chi connectivity index (χ0v) is 12.3. The number of rotatable bonds is 4. The van der Waals surface area contributed by atoms with Gasteiger partial charge in [-0.3, -0.25) is 0 Å². The molecule has 104 valence electrons. The summed E-state index contributed by atoms with van der Waals surface area (Å²) < 4.78 is 0. The number of nitrogens with zero attached hydrogens (tertiary/aromatic N) is 1. The fraction of sp³-hybridized carbons (Fsp3) is 0.647. The number of anilines is 1. The quantitative estimate of drug-likeness (QED) is 0.889. The smallest absolute Gasteiger partial charge is 0.0412 e. The van der Waals surface area contributed by atoms with Crippen LogP contribution in [0.5, 0.6) is 0 Å².